The van der Waals surface area contributed by atoms with Crippen molar-refractivity contribution in [3.63, 3.8) is 0 Å². The van der Waals surface area contributed by atoms with Crippen molar-refractivity contribution in [3.05, 3.63) is 29.8 Å². The molecular weight excluding hydrogens is 226 g/mol. The molecule has 3 N–H and O–H groups in total. The van der Waals surface area contributed by atoms with E-state index in [0.717, 1.165) is 11.3 Å². The number of hydrogen-bond acceptors (Lipinski definition) is 3. The molecule has 0 spiro atoms. The predicted molar refractivity (Wildman–Crippen MR) is 75.6 cm³/mol. The molecule has 1 aromatic carbocycles. The summed E-state index contributed by atoms with van der Waals surface area (Å²) in [6, 6.07) is 8.03. The SMILES string of the molecule is CC(C)NC(C)(C(N)=O)c1ccc(N(C)C)cc1. The highest BCUT2D eigenvalue weighted by atomic mass is 16.1. The fraction of sp³-hybridized carbons (Fsp3) is 0.500. The average Bonchev–Trinajstić information content (AvgIpc) is 2.27. The van der Waals surface area contributed by atoms with Gasteiger partial charge in [0.15, 0.2) is 0 Å². The number of rotatable bonds is 5. The van der Waals surface area contributed by atoms with Gasteiger partial charge in [-0.3, -0.25) is 10.1 Å². The number of nitrogens with two attached hydrogens (primary N) is 1. The highest BCUT2D eigenvalue weighted by Gasteiger charge is 2.33. The van der Waals surface area contributed by atoms with Gasteiger partial charge in [-0.05, 0) is 38.5 Å². The van der Waals surface area contributed by atoms with E-state index in [0.29, 0.717) is 0 Å². The van der Waals surface area contributed by atoms with Crippen LogP contribution in [0.2, 0.25) is 0 Å². The minimum absolute atomic E-state index is 0.177. The van der Waals surface area contributed by atoms with Crippen molar-refractivity contribution in [1.29, 1.82) is 0 Å². The fourth-order valence-corrected chi connectivity index (χ4v) is 1.97. The second kappa shape index (κ2) is 5.40. The lowest BCUT2D eigenvalue weighted by molar-refractivity contribution is -0.124. The van der Waals surface area contributed by atoms with E-state index < -0.39 is 5.54 Å². The molecule has 1 amide bonds. The largest absolute Gasteiger partial charge is 0.378 e. The van der Waals surface area contributed by atoms with Crippen LogP contribution in [0.4, 0.5) is 5.69 Å². The zero-order valence-corrected chi connectivity index (χ0v) is 11.8. The van der Waals surface area contributed by atoms with Crippen LogP contribution in [-0.4, -0.2) is 26.0 Å². The number of amides is 1. The van der Waals surface area contributed by atoms with Gasteiger partial charge < -0.3 is 10.6 Å². The first-order valence-electron chi connectivity index (χ1n) is 6.13. The minimum Gasteiger partial charge on any atom is -0.378 e. The minimum atomic E-state index is -0.834. The van der Waals surface area contributed by atoms with Crippen molar-refractivity contribution in [1.82, 2.24) is 5.32 Å². The zero-order chi connectivity index (χ0) is 13.9. The molecular formula is C14H23N3O. The van der Waals surface area contributed by atoms with Crippen molar-refractivity contribution >= 4 is 11.6 Å². The van der Waals surface area contributed by atoms with Gasteiger partial charge >= 0.3 is 0 Å². The van der Waals surface area contributed by atoms with Gasteiger partial charge in [0.05, 0.1) is 0 Å². The van der Waals surface area contributed by atoms with E-state index in [9.17, 15) is 4.79 Å². The molecule has 1 atom stereocenters. The fourth-order valence-electron chi connectivity index (χ4n) is 1.97. The van der Waals surface area contributed by atoms with Gasteiger partial charge in [-0.2, -0.15) is 0 Å². The third-order valence-corrected chi connectivity index (χ3v) is 3.03. The van der Waals surface area contributed by atoms with Crippen LogP contribution >= 0.6 is 0 Å². The number of carbonyl (C=O) groups is 1. The molecule has 100 valence electrons. The van der Waals surface area contributed by atoms with Crippen molar-refractivity contribution in [2.24, 2.45) is 5.73 Å². The second-order valence-electron chi connectivity index (χ2n) is 5.23. The highest BCUT2D eigenvalue weighted by molar-refractivity contribution is 5.85. The van der Waals surface area contributed by atoms with E-state index in [1.165, 1.54) is 0 Å². The van der Waals surface area contributed by atoms with Crippen LogP contribution in [-0.2, 0) is 10.3 Å². The number of nitrogens with one attached hydrogen (secondary N) is 1. The number of hydrogen-bond donors (Lipinski definition) is 2. The molecule has 0 aromatic heterocycles. The first-order valence-corrected chi connectivity index (χ1v) is 6.13. The van der Waals surface area contributed by atoms with E-state index in [4.69, 9.17) is 5.73 Å². The van der Waals surface area contributed by atoms with Gasteiger partial charge in [0.25, 0.3) is 0 Å². The van der Waals surface area contributed by atoms with Crippen LogP contribution in [0.3, 0.4) is 0 Å². The maximum atomic E-state index is 11.7. The Labute approximate surface area is 109 Å². The van der Waals surface area contributed by atoms with Gasteiger partial charge in [0.2, 0.25) is 5.91 Å². The van der Waals surface area contributed by atoms with Crippen molar-refractivity contribution in [2.45, 2.75) is 32.4 Å². The standard InChI is InChI=1S/C14H23N3O/c1-10(2)16-14(3,13(15)18)11-6-8-12(9-7-11)17(4)5/h6-10,16H,1-5H3,(H2,15,18). The Morgan fingerprint density at radius 3 is 2.11 bits per heavy atom. The zero-order valence-electron chi connectivity index (χ0n) is 11.8. The van der Waals surface area contributed by atoms with E-state index >= 15 is 0 Å². The molecule has 0 saturated carbocycles. The normalized spacial score (nSPS) is 14.3. The maximum absolute atomic E-state index is 11.7. The molecule has 0 aliphatic rings. The van der Waals surface area contributed by atoms with Crippen LogP contribution in [0.5, 0.6) is 0 Å². The van der Waals surface area contributed by atoms with Gasteiger partial charge in [-0.25, -0.2) is 0 Å². The average molecular weight is 249 g/mol. The Bertz CT molecular complexity index is 412. The molecule has 0 aliphatic carbocycles. The number of primary amides is 1. The number of carbonyl (C=O) groups excluding carboxylic acids is 1. The van der Waals surface area contributed by atoms with Crippen LogP contribution < -0.4 is 16.0 Å². The summed E-state index contributed by atoms with van der Waals surface area (Å²) < 4.78 is 0. The Hall–Kier alpha value is -1.55. The summed E-state index contributed by atoms with van der Waals surface area (Å²) >= 11 is 0. The van der Waals surface area contributed by atoms with Crippen molar-refractivity contribution in [3.8, 4) is 0 Å². The molecule has 0 heterocycles. The lowest BCUT2D eigenvalue weighted by atomic mass is 9.90. The van der Waals surface area contributed by atoms with E-state index in [-0.39, 0.29) is 11.9 Å². The Balaban J connectivity index is 3.10. The molecule has 4 heteroatoms. The summed E-state index contributed by atoms with van der Waals surface area (Å²) in [7, 11) is 3.96. The summed E-state index contributed by atoms with van der Waals surface area (Å²) in [5.74, 6) is -0.367. The van der Waals surface area contributed by atoms with Crippen LogP contribution in [0.15, 0.2) is 24.3 Å². The topological polar surface area (TPSA) is 58.4 Å². The lowest BCUT2D eigenvalue weighted by Crippen LogP contribution is -2.52. The summed E-state index contributed by atoms with van der Waals surface area (Å²) in [4.78, 5) is 13.7. The summed E-state index contributed by atoms with van der Waals surface area (Å²) in [5, 5.41) is 3.23. The molecule has 18 heavy (non-hydrogen) atoms. The van der Waals surface area contributed by atoms with Crippen LogP contribution in [0.1, 0.15) is 26.3 Å². The molecule has 1 aromatic rings. The van der Waals surface area contributed by atoms with E-state index in [2.05, 4.69) is 5.32 Å². The quantitative estimate of drug-likeness (QED) is 0.830. The summed E-state index contributed by atoms with van der Waals surface area (Å²) in [5.41, 5.74) is 6.68. The molecule has 0 saturated heterocycles. The Kier molecular flexibility index (Phi) is 4.35. The molecule has 0 aliphatic heterocycles. The van der Waals surface area contributed by atoms with E-state index in [1.807, 2.05) is 64.0 Å². The summed E-state index contributed by atoms with van der Waals surface area (Å²) in [6.45, 7) is 5.81. The van der Waals surface area contributed by atoms with Crippen LogP contribution in [0, 0.1) is 0 Å². The van der Waals surface area contributed by atoms with Gasteiger partial charge in [-0.15, -0.1) is 0 Å². The Morgan fingerprint density at radius 1 is 1.28 bits per heavy atom. The third kappa shape index (κ3) is 3.01. The molecule has 1 unspecified atom stereocenters. The van der Waals surface area contributed by atoms with Crippen molar-refractivity contribution in [2.75, 3.05) is 19.0 Å². The first kappa shape index (κ1) is 14.5. The maximum Gasteiger partial charge on any atom is 0.242 e. The molecule has 0 radical (unpaired) electrons. The molecule has 4 nitrogen and oxygen atoms in total. The second-order valence-corrected chi connectivity index (χ2v) is 5.23. The number of anilines is 1. The van der Waals surface area contributed by atoms with Gasteiger partial charge in [-0.1, -0.05) is 12.1 Å². The summed E-state index contributed by atoms with van der Waals surface area (Å²) in [6.07, 6.45) is 0. The molecule has 0 fully saturated rings. The van der Waals surface area contributed by atoms with Crippen LogP contribution in [0.25, 0.3) is 0 Å². The molecule has 1 rings (SSSR count). The predicted octanol–water partition coefficient (Wildman–Crippen LogP) is 1.45. The number of nitrogens with zero attached hydrogens (tertiary/aromatic N) is 1. The number of benzene rings is 1. The third-order valence-electron chi connectivity index (χ3n) is 3.03. The lowest BCUT2D eigenvalue weighted by Gasteiger charge is -2.30. The molecule has 0 bridgehead atoms. The Morgan fingerprint density at radius 2 is 1.78 bits per heavy atom. The van der Waals surface area contributed by atoms with Crippen molar-refractivity contribution < 1.29 is 4.79 Å². The van der Waals surface area contributed by atoms with E-state index in [1.54, 1.807) is 0 Å². The highest BCUT2D eigenvalue weighted by Crippen LogP contribution is 2.23. The monoisotopic (exact) mass is 249 g/mol. The van der Waals surface area contributed by atoms with Gasteiger partial charge in [0.1, 0.15) is 5.54 Å². The van der Waals surface area contributed by atoms with Gasteiger partial charge in [0, 0.05) is 25.8 Å². The smallest absolute Gasteiger partial charge is 0.242 e. The first-order chi connectivity index (χ1) is 8.27.